The number of thioether (sulfide) groups is 1. The lowest BCUT2D eigenvalue weighted by Gasteiger charge is -2.16. The molecule has 1 amide bonds. The first-order valence-electron chi connectivity index (χ1n) is 9.34. The van der Waals surface area contributed by atoms with E-state index < -0.39 is 0 Å². The molecule has 3 heterocycles. The zero-order valence-corrected chi connectivity index (χ0v) is 16.9. The first-order chi connectivity index (χ1) is 14.7. The van der Waals surface area contributed by atoms with E-state index in [0.29, 0.717) is 22.4 Å². The molecule has 0 aliphatic rings. The lowest BCUT2D eigenvalue weighted by molar-refractivity contribution is -0.115. The topological polar surface area (TPSA) is 76.5 Å². The van der Waals surface area contributed by atoms with Crippen LogP contribution in [0.5, 0.6) is 0 Å². The highest BCUT2D eigenvalue weighted by molar-refractivity contribution is 7.99. The average molecular weight is 415 g/mol. The Bertz CT molecular complexity index is 1330. The van der Waals surface area contributed by atoms with Gasteiger partial charge < -0.3 is 9.32 Å². The Morgan fingerprint density at radius 2 is 1.83 bits per heavy atom. The van der Waals surface area contributed by atoms with Crippen LogP contribution in [-0.4, -0.2) is 38.3 Å². The number of amides is 1. The third-order valence-corrected chi connectivity index (χ3v) is 5.71. The van der Waals surface area contributed by atoms with Gasteiger partial charge in [-0.25, -0.2) is 4.98 Å². The van der Waals surface area contributed by atoms with Crippen LogP contribution < -0.4 is 4.90 Å². The summed E-state index contributed by atoms with van der Waals surface area (Å²) in [6, 6.07) is 21.0. The first-order valence-corrected chi connectivity index (χ1v) is 10.3. The molecule has 0 saturated heterocycles. The van der Waals surface area contributed by atoms with Gasteiger partial charge in [0.05, 0.1) is 17.5 Å². The van der Waals surface area contributed by atoms with E-state index in [1.807, 2.05) is 71.1 Å². The van der Waals surface area contributed by atoms with Gasteiger partial charge in [0.1, 0.15) is 0 Å². The summed E-state index contributed by atoms with van der Waals surface area (Å²) in [5.41, 5.74) is 2.33. The van der Waals surface area contributed by atoms with Crippen molar-refractivity contribution >= 4 is 39.9 Å². The highest BCUT2D eigenvalue weighted by Crippen LogP contribution is 2.29. The van der Waals surface area contributed by atoms with Crippen molar-refractivity contribution < 1.29 is 9.21 Å². The van der Waals surface area contributed by atoms with E-state index in [4.69, 9.17) is 9.40 Å². The van der Waals surface area contributed by atoms with Gasteiger partial charge in [-0.1, -0.05) is 42.1 Å². The number of carbonyl (C=O) groups is 1. The molecule has 0 bridgehead atoms. The molecule has 2 aromatic carbocycles. The SMILES string of the molecule is CN(C(=O)CSc1nnc2c3ccccc3nc(-c3ccco3)n12)c1ccccc1. The van der Waals surface area contributed by atoms with Gasteiger partial charge in [0, 0.05) is 18.1 Å². The Hall–Kier alpha value is -3.65. The Labute approximate surface area is 176 Å². The largest absolute Gasteiger partial charge is 0.461 e. The normalized spacial score (nSPS) is 11.2. The molecular weight excluding hydrogens is 398 g/mol. The van der Waals surface area contributed by atoms with Gasteiger partial charge >= 0.3 is 0 Å². The minimum atomic E-state index is -0.0313. The molecule has 0 saturated carbocycles. The zero-order chi connectivity index (χ0) is 20.5. The number of anilines is 1. The molecule has 0 N–H and O–H groups in total. The second kappa shape index (κ2) is 7.64. The van der Waals surface area contributed by atoms with Crippen molar-refractivity contribution in [3.05, 3.63) is 73.0 Å². The van der Waals surface area contributed by atoms with E-state index >= 15 is 0 Å². The number of benzene rings is 2. The maximum absolute atomic E-state index is 12.7. The van der Waals surface area contributed by atoms with E-state index in [2.05, 4.69) is 10.2 Å². The lowest BCUT2D eigenvalue weighted by atomic mass is 10.2. The Morgan fingerprint density at radius 3 is 2.63 bits per heavy atom. The lowest BCUT2D eigenvalue weighted by Crippen LogP contribution is -2.27. The minimum absolute atomic E-state index is 0.0313. The number of furan rings is 1. The van der Waals surface area contributed by atoms with Gasteiger partial charge in [-0.3, -0.25) is 9.20 Å². The summed E-state index contributed by atoms with van der Waals surface area (Å²) in [6.45, 7) is 0. The smallest absolute Gasteiger partial charge is 0.237 e. The predicted octanol–water partition coefficient (Wildman–Crippen LogP) is 4.29. The second-order valence-corrected chi connectivity index (χ2v) is 7.59. The number of carbonyl (C=O) groups excluding carboxylic acids is 1. The number of fused-ring (bicyclic) bond motifs is 3. The molecule has 0 aliphatic carbocycles. The van der Waals surface area contributed by atoms with Crippen molar-refractivity contribution in [3.8, 4) is 11.6 Å². The molecule has 5 aromatic rings. The van der Waals surface area contributed by atoms with E-state index in [0.717, 1.165) is 16.6 Å². The van der Waals surface area contributed by atoms with Crippen LogP contribution in [0.25, 0.3) is 28.1 Å². The molecule has 0 fully saturated rings. The summed E-state index contributed by atoms with van der Waals surface area (Å²) >= 11 is 1.32. The van der Waals surface area contributed by atoms with Gasteiger partial charge in [0.25, 0.3) is 0 Å². The first kappa shape index (κ1) is 18.4. The maximum Gasteiger partial charge on any atom is 0.237 e. The Morgan fingerprint density at radius 1 is 1.03 bits per heavy atom. The maximum atomic E-state index is 12.7. The van der Waals surface area contributed by atoms with Crippen molar-refractivity contribution in [1.29, 1.82) is 0 Å². The second-order valence-electron chi connectivity index (χ2n) is 6.65. The molecule has 148 valence electrons. The van der Waals surface area contributed by atoms with E-state index in [1.54, 1.807) is 18.2 Å². The fourth-order valence-corrected chi connectivity index (χ4v) is 4.09. The fourth-order valence-electron chi connectivity index (χ4n) is 3.24. The number of hydrogen-bond acceptors (Lipinski definition) is 6. The highest BCUT2D eigenvalue weighted by atomic mass is 32.2. The van der Waals surface area contributed by atoms with Gasteiger partial charge in [-0.15, -0.1) is 10.2 Å². The summed E-state index contributed by atoms with van der Waals surface area (Å²) in [5.74, 6) is 1.40. The molecule has 0 radical (unpaired) electrons. The highest BCUT2D eigenvalue weighted by Gasteiger charge is 2.20. The Balaban J connectivity index is 1.52. The third-order valence-electron chi connectivity index (χ3n) is 4.80. The van der Waals surface area contributed by atoms with Crippen LogP contribution in [0, 0.1) is 0 Å². The fraction of sp³-hybridized carbons (Fsp3) is 0.0909. The molecule has 3 aromatic heterocycles. The number of hydrogen-bond donors (Lipinski definition) is 0. The van der Waals surface area contributed by atoms with Crippen LogP contribution >= 0.6 is 11.8 Å². The van der Waals surface area contributed by atoms with Crippen LogP contribution in [0.1, 0.15) is 0 Å². The molecule has 0 spiro atoms. The number of aromatic nitrogens is 4. The third kappa shape index (κ3) is 3.21. The molecule has 0 aliphatic heterocycles. The molecular formula is C22H17N5O2S. The number of rotatable bonds is 5. The average Bonchev–Trinajstić information content (AvgIpc) is 3.47. The quantitative estimate of drug-likeness (QED) is 0.399. The van der Waals surface area contributed by atoms with Crippen LogP contribution in [0.2, 0.25) is 0 Å². The van der Waals surface area contributed by atoms with Crippen LogP contribution in [0.4, 0.5) is 5.69 Å². The standard InChI is InChI=1S/C22H17N5O2S/c1-26(15-8-3-2-4-9-15)19(28)14-30-22-25-24-20-16-10-5-6-11-17(16)23-21(27(20)22)18-12-7-13-29-18/h2-13H,14H2,1H3. The van der Waals surface area contributed by atoms with Crippen molar-refractivity contribution in [3.63, 3.8) is 0 Å². The van der Waals surface area contributed by atoms with E-state index in [1.165, 1.54) is 11.8 Å². The minimum Gasteiger partial charge on any atom is -0.461 e. The van der Waals surface area contributed by atoms with Gasteiger partial charge in [-0.2, -0.15) is 0 Å². The van der Waals surface area contributed by atoms with Gasteiger partial charge in [-0.05, 0) is 36.4 Å². The van der Waals surface area contributed by atoms with Crippen molar-refractivity contribution in [2.45, 2.75) is 5.16 Å². The summed E-state index contributed by atoms with van der Waals surface area (Å²) in [5, 5.41) is 10.2. The Kier molecular flexibility index (Phi) is 4.68. The molecule has 0 atom stereocenters. The van der Waals surface area contributed by atoms with Gasteiger partial charge in [0.15, 0.2) is 22.4 Å². The van der Waals surface area contributed by atoms with Crippen molar-refractivity contribution in [2.24, 2.45) is 0 Å². The predicted molar refractivity (Wildman–Crippen MR) is 117 cm³/mol. The molecule has 7 nitrogen and oxygen atoms in total. The number of nitrogens with zero attached hydrogens (tertiary/aromatic N) is 5. The summed E-state index contributed by atoms with van der Waals surface area (Å²) < 4.78 is 7.45. The number of para-hydroxylation sites is 2. The molecule has 8 heteroatoms. The van der Waals surface area contributed by atoms with Crippen molar-refractivity contribution in [2.75, 3.05) is 17.7 Å². The van der Waals surface area contributed by atoms with Crippen molar-refractivity contribution in [1.82, 2.24) is 19.6 Å². The van der Waals surface area contributed by atoms with Crippen LogP contribution in [0.15, 0.2) is 82.6 Å². The molecule has 30 heavy (non-hydrogen) atoms. The molecule has 5 rings (SSSR count). The summed E-state index contributed by atoms with van der Waals surface area (Å²) in [7, 11) is 1.77. The van der Waals surface area contributed by atoms with E-state index in [-0.39, 0.29) is 11.7 Å². The summed E-state index contributed by atoms with van der Waals surface area (Å²) in [4.78, 5) is 19.1. The van der Waals surface area contributed by atoms with E-state index in [9.17, 15) is 4.79 Å². The summed E-state index contributed by atoms with van der Waals surface area (Å²) in [6.07, 6.45) is 1.60. The monoisotopic (exact) mass is 415 g/mol. The van der Waals surface area contributed by atoms with Gasteiger partial charge in [0.2, 0.25) is 5.91 Å². The molecule has 0 unspecified atom stereocenters. The van der Waals surface area contributed by atoms with Crippen LogP contribution in [0.3, 0.4) is 0 Å². The van der Waals surface area contributed by atoms with Crippen LogP contribution in [-0.2, 0) is 4.79 Å². The zero-order valence-electron chi connectivity index (χ0n) is 16.1.